The molecule has 0 saturated carbocycles. The molecule has 0 aromatic heterocycles. The molecule has 1 atom stereocenters. The topological polar surface area (TPSA) is 0 Å². The van der Waals surface area contributed by atoms with Crippen molar-refractivity contribution in [2.45, 2.75) is 30.9 Å². The van der Waals surface area contributed by atoms with Gasteiger partial charge < -0.3 is 0 Å². The summed E-state index contributed by atoms with van der Waals surface area (Å²) in [6.07, 6.45) is -13.7. The number of hydrogen-bond donors (Lipinski definition) is 0. The van der Waals surface area contributed by atoms with Crippen LogP contribution in [0.4, 0.5) is 39.5 Å². The molecule has 0 bridgehead atoms. The van der Waals surface area contributed by atoms with Crippen molar-refractivity contribution in [1.29, 1.82) is 0 Å². The molecule has 0 spiro atoms. The van der Waals surface area contributed by atoms with Gasteiger partial charge in [0.2, 0.25) is 0 Å². The van der Waals surface area contributed by atoms with E-state index in [0.29, 0.717) is 6.92 Å². The molecule has 0 aromatic carbocycles. The highest BCUT2D eigenvalue weighted by Gasteiger charge is 2.79. The third-order valence-electron chi connectivity index (χ3n) is 1.62. The molecular weight excluding hydrogens is 255 g/mol. The maximum atomic E-state index is 12.9. The van der Waals surface area contributed by atoms with Crippen molar-refractivity contribution in [3.05, 3.63) is 12.2 Å². The standard InChI is InChI=1S/C7H5F9/c1-2-3-4(8,6(11,12)13)5(9,10)7(14,15)16/h2-3H,1H3. The van der Waals surface area contributed by atoms with E-state index in [0.717, 1.165) is 0 Å². The zero-order valence-corrected chi connectivity index (χ0v) is 7.56. The predicted molar refractivity (Wildman–Crippen MR) is 35.7 cm³/mol. The third-order valence-corrected chi connectivity index (χ3v) is 1.62. The molecule has 16 heavy (non-hydrogen) atoms. The van der Waals surface area contributed by atoms with Gasteiger partial charge in [-0.3, -0.25) is 0 Å². The normalized spacial score (nSPS) is 18.9. The fourth-order valence-corrected chi connectivity index (χ4v) is 0.813. The first-order valence-corrected chi connectivity index (χ1v) is 3.65. The second kappa shape index (κ2) is 3.85. The van der Waals surface area contributed by atoms with Gasteiger partial charge in [-0.05, 0) is 13.0 Å². The Hall–Kier alpha value is -0.890. The average Bonchev–Trinajstić information content (AvgIpc) is 1.99. The summed E-state index contributed by atoms with van der Waals surface area (Å²) in [7, 11) is 0. The zero-order valence-electron chi connectivity index (χ0n) is 7.56. The molecule has 0 aliphatic heterocycles. The highest BCUT2D eigenvalue weighted by molar-refractivity contribution is 5.15. The van der Waals surface area contributed by atoms with Crippen LogP contribution in [0.25, 0.3) is 0 Å². The first kappa shape index (κ1) is 15.1. The first-order chi connectivity index (χ1) is 6.81. The Labute approximate surface area is 83.7 Å². The summed E-state index contributed by atoms with van der Waals surface area (Å²) in [6, 6.07) is 0. The molecule has 0 N–H and O–H groups in total. The van der Waals surface area contributed by atoms with Gasteiger partial charge >= 0.3 is 18.3 Å². The van der Waals surface area contributed by atoms with Crippen molar-refractivity contribution in [3.63, 3.8) is 0 Å². The summed E-state index contributed by atoms with van der Waals surface area (Å²) in [6.45, 7) is 0.687. The van der Waals surface area contributed by atoms with Gasteiger partial charge in [0.15, 0.2) is 0 Å². The fraction of sp³-hybridized carbons (Fsp3) is 0.714. The second-order valence-corrected chi connectivity index (χ2v) is 2.78. The Balaban J connectivity index is 5.74. The van der Waals surface area contributed by atoms with Crippen molar-refractivity contribution in [2.75, 3.05) is 0 Å². The quantitative estimate of drug-likeness (QED) is 0.519. The maximum Gasteiger partial charge on any atom is 0.457 e. The van der Waals surface area contributed by atoms with Crippen LogP contribution in [0, 0.1) is 0 Å². The van der Waals surface area contributed by atoms with Gasteiger partial charge in [-0.15, -0.1) is 0 Å². The summed E-state index contributed by atoms with van der Waals surface area (Å²) in [5.41, 5.74) is -5.77. The molecule has 0 rings (SSSR count). The van der Waals surface area contributed by atoms with Crippen LogP contribution in [0.3, 0.4) is 0 Å². The van der Waals surface area contributed by atoms with Crippen LogP contribution in [-0.4, -0.2) is 23.9 Å². The molecule has 0 radical (unpaired) electrons. The van der Waals surface area contributed by atoms with Crippen molar-refractivity contribution in [1.82, 2.24) is 0 Å². The van der Waals surface area contributed by atoms with Crippen molar-refractivity contribution < 1.29 is 39.5 Å². The van der Waals surface area contributed by atoms with Crippen LogP contribution in [0.15, 0.2) is 12.2 Å². The summed E-state index contributed by atoms with van der Waals surface area (Å²) in [5.74, 6) is -6.55. The van der Waals surface area contributed by atoms with E-state index in [1.54, 1.807) is 0 Å². The smallest absolute Gasteiger partial charge is 0.222 e. The van der Waals surface area contributed by atoms with E-state index in [9.17, 15) is 39.5 Å². The van der Waals surface area contributed by atoms with E-state index in [-0.39, 0.29) is 6.08 Å². The van der Waals surface area contributed by atoms with Gasteiger partial charge in [-0.1, -0.05) is 6.08 Å². The van der Waals surface area contributed by atoms with E-state index in [2.05, 4.69) is 0 Å². The molecule has 0 amide bonds. The fourth-order valence-electron chi connectivity index (χ4n) is 0.813. The van der Waals surface area contributed by atoms with Crippen LogP contribution < -0.4 is 0 Å². The second-order valence-electron chi connectivity index (χ2n) is 2.78. The molecule has 0 nitrogen and oxygen atoms in total. The van der Waals surface area contributed by atoms with Crippen molar-refractivity contribution in [2.24, 2.45) is 0 Å². The van der Waals surface area contributed by atoms with Crippen LogP contribution >= 0.6 is 0 Å². The number of hydrogen-bond acceptors (Lipinski definition) is 0. The molecule has 1 unspecified atom stereocenters. The lowest BCUT2D eigenvalue weighted by Gasteiger charge is -2.33. The van der Waals surface area contributed by atoms with Crippen molar-refractivity contribution in [3.8, 4) is 0 Å². The SMILES string of the molecule is CC=CC(F)(C(F)(F)F)C(F)(F)C(F)(F)F. The average molecular weight is 260 g/mol. The van der Waals surface area contributed by atoms with E-state index in [1.807, 2.05) is 0 Å². The Bertz CT molecular complexity index is 271. The Morgan fingerprint density at radius 2 is 1.06 bits per heavy atom. The van der Waals surface area contributed by atoms with Gasteiger partial charge in [0.05, 0.1) is 0 Å². The molecule has 0 saturated heterocycles. The van der Waals surface area contributed by atoms with Crippen LogP contribution in [0.2, 0.25) is 0 Å². The number of alkyl halides is 9. The minimum atomic E-state index is -6.64. The monoisotopic (exact) mass is 260 g/mol. The molecule has 0 fully saturated rings. The van der Waals surface area contributed by atoms with E-state index in [4.69, 9.17) is 0 Å². The van der Waals surface area contributed by atoms with E-state index in [1.165, 1.54) is 0 Å². The van der Waals surface area contributed by atoms with E-state index >= 15 is 0 Å². The molecule has 9 heteroatoms. The lowest BCUT2D eigenvalue weighted by Crippen LogP contribution is -2.60. The van der Waals surface area contributed by atoms with E-state index < -0.39 is 30.0 Å². The zero-order chi connectivity index (χ0) is 13.4. The number of allylic oxidation sites excluding steroid dienone is 2. The lowest BCUT2D eigenvalue weighted by molar-refractivity contribution is -0.369. The molecule has 96 valence electrons. The largest absolute Gasteiger partial charge is 0.457 e. The number of halogens is 9. The third kappa shape index (κ3) is 2.12. The lowest BCUT2D eigenvalue weighted by atomic mass is 9.95. The summed E-state index contributed by atoms with van der Waals surface area (Å²) in [5, 5.41) is 0. The molecule has 0 aromatic rings. The molecule has 0 aliphatic rings. The van der Waals surface area contributed by atoms with Crippen LogP contribution in [0.1, 0.15) is 6.92 Å². The predicted octanol–water partition coefficient (Wildman–Crippen LogP) is 4.03. The Kier molecular flexibility index (Phi) is 3.63. The van der Waals surface area contributed by atoms with Gasteiger partial charge in [0.25, 0.3) is 5.67 Å². The minimum absolute atomic E-state index is 0.132. The van der Waals surface area contributed by atoms with Gasteiger partial charge in [-0.25, -0.2) is 4.39 Å². The summed E-state index contributed by atoms with van der Waals surface area (Å²) >= 11 is 0. The molecule has 0 heterocycles. The Morgan fingerprint density at radius 3 is 1.25 bits per heavy atom. The Morgan fingerprint density at radius 1 is 0.688 bits per heavy atom. The van der Waals surface area contributed by atoms with Gasteiger partial charge in [0.1, 0.15) is 0 Å². The summed E-state index contributed by atoms with van der Waals surface area (Å²) < 4.78 is 108. The van der Waals surface area contributed by atoms with Gasteiger partial charge in [0, 0.05) is 0 Å². The van der Waals surface area contributed by atoms with Crippen molar-refractivity contribution >= 4 is 0 Å². The summed E-state index contributed by atoms with van der Waals surface area (Å²) in [4.78, 5) is 0. The maximum absolute atomic E-state index is 12.9. The molecular formula is C7H5F9. The van der Waals surface area contributed by atoms with Crippen LogP contribution in [-0.2, 0) is 0 Å². The highest BCUT2D eigenvalue weighted by Crippen LogP contribution is 2.53. The molecule has 0 aliphatic carbocycles. The highest BCUT2D eigenvalue weighted by atomic mass is 19.4. The van der Waals surface area contributed by atoms with Crippen LogP contribution in [0.5, 0.6) is 0 Å². The van der Waals surface area contributed by atoms with Gasteiger partial charge in [-0.2, -0.15) is 35.1 Å². The minimum Gasteiger partial charge on any atom is -0.222 e. The first-order valence-electron chi connectivity index (χ1n) is 3.65. The number of rotatable bonds is 2.